The zero-order chi connectivity index (χ0) is 15.0. The minimum absolute atomic E-state index is 0.0230. The molecule has 2 rings (SSSR count). The van der Waals surface area contributed by atoms with E-state index in [9.17, 15) is 14.9 Å². The van der Waals surface area contributed by atoms with Crippen LogP contribution in [0.25, 0.3) is 0 Å². The molecule has 0 atom stereocenters. The van der Waals surface area contributed by atoms with Gasteiger partial charge in [0.2, 0.25) is 0 Å². The van der Waals surface area contributed by atoms with Crippen LogP contribution in [0.5, 0.6) is 0 Å². The van der Waals surface area contributed by atoms with E-state index in [1.54, 1.807) is 12.1 Å². The Hall–Kier alpha value is -1.91. The van der Waals surface area contributed by atoms with Crippen LogP contribution in [0.1, 0.15) is 56.3 Å². The van der Waals surface area contributed by atoms with Crippen molar-refractivity contribution >= 4 is 17.7 Å². The molecule has 1 aromatic carbocycles. The van der Waals surface area contributed by atoms with E-state index in [1.807, 2.05) is 13.8 Å². The van der Waals surface area contributed by atoms with E-state index < -0.39 is 4.92 Å². The summed E-state index contributed by atoms with van der Waals surface area (Å²) in [7, 11) is 0. The van der Waals surface area contributed by atoms with Crippen LogP contribution in [0.4, 0.5) is 11.4 Å². The van der Waals surface area contributed by atoms with E-state index in [0.717, 1.165) is 25.7 Å². The average molecular weight is 278 g/mol. The van der Waals surface area contributed by atoms with Gasteiger partial charge in [-0.1, -0.05) is 33.1 Å². The van der Waals surface area contributed by atoms with Crippen molar-refractivity contribution in [3.8, 4) is 0 Å². The van der Waals surface area contributed by atoms with Crippen molar-refractivity contribution in [2.45, 2.75) is 52.0 Å². The SMILES string of the molecule is CC.O=Cc1ccc(NC2CCCCC2)c([N+](=O)[O-])c1. The van der Waals surface area contributed by atoms with Crippen LogP contribution in [0.3, 0.4) is 0 Å². The van der Waals surface area contributed by atoms with E-state index in [4.69, 9.17) is 0 Å². The Labute approximate surface area is 119 Å². The Balaban J connectivity index is 0.000000956. The summed E-state index contributed by atoms with van der Waals surface area (Å²) in [5.74, 6) is 0. The van der Waals surface area contributed by atoms with Gasteiger partial charge in [0.05, 0.1) is 4.92 Å². The number of nitro benzene ring substituents is 1. The lowest BCUT2D eigenvalue weighted by Crippen LogP contribution is -2.22. The summed E-state index contributed by atoms with van der Waals surface area (Å²) in [6.07, 6.45) is 6.29. The lowest BCUT2D eigenvalue weighted by molar-refractivity contribution is -0.384. The predicted octanol–water partition coefficient (Wildman–Crippen LogP) is 4.18. The standard InChI is InChI=1S/C13H16N2O3.C2H6/c16-9-10-6-7-12(13(8-10)15(17)18)14-11-4-2-1-3-5-11;1-2/h6-9,11,14H,1-5H2;1-2H3. The van der Waals surface area contributed by atoms with Gasteiger partial charge < -0.3 is 5.32 Å². The topological polar surface area (TPSA) is 72.2 Å². The normalized spacial score (nSPS) is 14.9. The van der Waals surface area contributed by atoms with Gasteiger partial charge in [-0.25, -0.2) is 0 Å². The van der Waals surface area contributed by atoms with Crippen LogP contribution in [-0.2, 0) is 0 Å². The fourth-order valence-electron chi connectivity index (χ4n) is 2.36. The Bertz CT molecular complexity index is 454. The summed E-state index contributed by atoms with van der Waals surface area (Å²) in [6.45, 7) is 4.00. The highest BCUT2D eigenvalue weighted by atomic mass is 16.6. The Morgan fingerprint density at radius 3 is 2.45 bits per heavy atom. The van der Waals surface area contributed by atoms with Crippen molar-refractivity contribution in [3.63, 3.8) is 0 Å². The molecule has 1 fully saturated rings. The Kier molecular flexibility index (Phi) is 6.70. The lowest BCUT2D eigenvalue weighted by atomic mass is 9.95. The zero-order valence-corrected chi connectivity index (χ0v) is 12.1. The van der Waals surface area contributed by atoms with Crippen molar-refractivity contribution in [1.82, 2.24) is 0 Å². The van der Waals surface area contributed by atoms with E-state index in [1.165, 1.54) is 12.5 Å². The van der Waals surface area contributed by atoms with Crippen LogP contribution in [0, 0.1) is 10.1 Å². The second kappa shape index (κ2) is 8.30. The maximum absolute atomic E-state index is 11.0. The molecule has 0 radical (unpaired) electrons. The second-order valence-corrected chi connectivity index (χ2v) is 4.63. The molecular formula is C15H22N2O3. The first-order valence-electron chi connectivity index (χ1n) is 7.21. The molecule has 0 aromatic heterocycles. The molecule has 110 valence electrons. The molecule has 0 heterocycles. The van der Waals surface area contributed by atoms with Gasteiger partial charge in [0, 0.05) is 17.7 Å². The number of hydrogen-bond donors (Lipinski definition) is 1. The highest BCUT2D eigenvalue weighted by Gasteiger charge is 2.19. The minimum Gasteiger partial charge on any atom is -0.377 e. The number of nitro groups is 1. The Morgan fingerprint density at radius 2 is 1.90 bits per heavy atom. The predicted molar refractivity (Wildman–Crippen MR) is 80.3 cm³/mol. The third-order valence-electron chi connectivity index (χ3n) is 3.32. The van der Waals surface area contributed by atoms with E-state index in [-0.39, 0.29) is 5.69 Å². The number of carbonyl (C=O) groups excluding carboxylic acids is 1. The van der Waals surface area contributed by atoms with Crippen molar-refractivity contribution in [2.24, 2.45) is 0 Å². The number of nitrogens with one attached hydrogen (secondary N) is 1. The van der Waals surface area contributed by atoms with Gasteiger partial charge in [0.15, 0.2) is 0 Å². The molecule has 1 aliphatic rings. The van der Waals surface area contributed by atoms with E-state index >= 15 is 0 Å². The molecule has 1 aliphatic carbocycles. The van der Waals surface area contributed by atoms with Gasteiger partial charge in [0.25, 0.3) is 5.69 Å². The molecule has 0 bridgehead atoms. The number of benzene rings is 1. The smallest absolute Gasteiger partial charge is 0.293 e. The third kappa shape index (κ3) is 4.33. The molecule has 20 heavy (non-hydrogen) atoms. The molecule has 0 amide bonds. The van der Waals surface area contributed by atoms with Crippen molar-refractivity contribution in [2.75, 3.05) is 5.32 Å². The molecule has 5 nitrogen and oxygen atoms in total. The number of carbonyl (C=O) groups is 1. The highest BCUT2D eigenvalue weighted by molar-refractivity contribution is 5.79. The minimum atomic E-state index is -0.446. The molecule has 0 aliphatic heterocycles. The molecule has 0 unspecified atom stereocenters. The molecular weight excluding hydrogens is 256 g/mol. The largest absolute Gasteiger partial charge is 0.377 e. The number of hydrogen-bond acceptors (Lipinski definition) is 4. The maximum Gasteiger partial charge on any atom is 0.293 e. The van der Waals surface area contributed by atoms with Gasteiger partial charge >= 0.3 is 0 Å². The zero-order valence-electron chi connectivity index (χ0n) is 12.1. The third-order valence-corrected chi connectivity index (χ3v) is 3.32. The fraction of sp³-hybridized carbons (Fsp3) is 0.533. The Morgan fingerprint density at radius 1 is 1.25 bits per heavy atom. The summed E-state index contributed by atoms with van der Waals surface area (Å²) in [5, 5.41) is 14.2. The van der Waals surface area contributed by atoms with Crippen LogP contribution in [0.2, 0.25) is 0 Å². The van der Waals surface area contributed by atoms with Gasteiger partial charge in [0.1, 0.15) is 12.0 Å². The molecule has 0 spiro atoms. The van der Waals surface area contributed by atoms with Gasteiger partial charge in [-0.2, -0.15) is 0 Å². The summed E-state index contributed by atoms with van der Waals surface area (Å²) >= 11 is 0. The van der Waals surface area contributed by atoms with Crippen molar-refractivity contribution < 1.29 is 9.72 Å². The maximum atomic E-state index is 11.0. The number of anilines is 1. The van der Waals surface area contributed by atoms with E-state index in [0.29, 0.717) is 23.6 Å². The molecule has 1 N–H and O–H groups in total. The van der Waals surface area contributed by atoms with Crippen molar-refractivity contribution in [3.05, 3.63) is 33.9 Å². The highest BCUT2D eigenvalue weighted by Crippen LogP contribution is 2.28. The molecule has 5 heteroatoms. The van der Waals surface area contributed by atoms with Crippen molar-refractivity contribution in [1.29, 1.82) is 0 Å². The van der Waals surface area contributed by atoms with Crippen LogP contribution < -0.4 is 5.32 Å². The quantitative estimate of drug-likeness (QED) is 0.509. The van der Waals surface area contributed by atoms with Crippen LogP contribution >= 0.6 is 0 Å². The van der Waals surface area contributed by atoms with Crippen LogP contribution in [-0.4, -0.2) is 17.3 Å². The summed E-state index contributed by atoms with van der Waals surface area (Å²) in [4.78, 5) is 21.2. The first-order chi connectivity index (χ1) is 9.70. The van der Waals surface area contributed by atoms with Gasteiger partial charge in [-0.3, -0.25) is 14.9 Å². The first kappa shape index (κ1) is 16.1. The lowest BCUT2D eigenvalue weighted by Gasteiger charge is -2.23. The molecule has 1 saturated carbocycles. The number of rotatable bonds is 4. The number of nitrogens with zero attached hydrogens (tertiary/aromatic N) is 1. The first-order valence-corrected chi connectivity index (χ1v) is 7.21. The second-order valence-electron chi connectivity index (χ2n) is 4.63. The molecule has 0 saturated heterocycles. The average Bonchev–Trinajstić information content (AvgIpc) is 2.50. The fourth-order valence-corrected chi connectivity index (χ4v) is 2.36. The van der Waals surface area contributed by atoms with Gasteiger partial charge in [-0.05, 0) is 25.0 Å². The molecule has 1 aromatic rings. The summed E-state index contributed by atoms with van der Waals surface area (Å²) in [5.41, 5.74) is 0.818. The number of aldehydes is 1. The summed E-state index contributed by atoms with van der Waals surface area (Å²) in [6, 6.07) is 4.85. The summed E-state index contributed by atoms with van der Waals surface area (Å²) < 4.78 is 0. The van der Waals surface area contributed by atoms with Gasteiger partial charge in [-0.15, -0.1) is 0 Å². The monoisotopic (exact) mass is 278 g/mol. The van der Waals surface area contributed by atoms with Crippen LogP contribution in [0.15, 0.2) is 18.2 Å². The van der Waals surface area contributed by atoms with E-state index in [2.05, 4.69) is 5.32 Å².